The number of carbonyl (C=O) groups excluding carboxylic acids is 3. The van der Waals surface area contributed by atoms with Crippen molar-refractivity contribution < 1.29 is 19.1 Å². The van der Waals surface area contributed by atoms with Gasteiger partial charge in [0, 0.05) is 24.4 Å². The van der Waals surface area contributed by atoms with Gasteiger partial charge in [-0.15, -0.1) is 0 Å². The fourth-order valence-electron chi connectivity index (χ4n) is 2.51. The van der Waals surface area contributed by atoms with Gasteiger partial charge in [-0.3, -0.25) is 14.3 Å². The van der Waals surface area contributed by atoms with E-state index >= 15 is 0 Å². The van der Waals surface area contributed by atoms with Gasteiger partial charge in [0.05, 0.1) is 12.7 Å². The summed E-state index contributed by atoms with van der Waals surface area (Å²) in [5, 5.41) is 9.51. The monoisotopic (exact) mass is 378 g/mol. The van der Waals surface area contributed by atoms with Gasteiger partial charge in [0.15, 0.2) is 5.69 Å². The lowest BCUT2D eigenvalue weighted by Crippen LogP contribution is -2.14. The fraction of sp³-hybridized carbons (Fsp3) is 0.100. The number of ether oxygens (including phenoxy) is 1. The highest BCUT2D eigenvalue weighted by Crippen LogP contribution is 2.15. The van der Waals surface area contributed by atoms with Gasteiger partial charge >= 0.3 is 5.97 Å². The summed E-state index contributed by atoms with van der Waals surface area (Å²) in [4.78, 5) is 36.3. The van der Waals surface area contributed by atoms with Crippen LogP contribution in [-0.2, 0) is 11.8 Å². The Bertz CT molecular complexity index is 1030. The molecule has 0 atom stereocenters. The van der Waals surface area contributed by atoms with Crippen molar-refractivity contribution >= 4 is 29.3 Å². The highest BCUT2D eigenvalue weighted by Gasteiger charge is 2.16. The third kappa shape index (κ3) is 4.24. The molecule has 2 aromatic carbocycles. The number of benzene rings is 2. The largest absolute Gasteiger partial charge is 0.465 e. The van der Waals surface area contributed by atoms with Crippen molar-refractivity contribution in [2.24, 2.45) is 7.05 Å². The van der Waals surface area contributed by atoms with Crippen LogP contribution in [0.25, 0.3) is 0 Å². The zero-order valence-corrected chi connectivity index (χ0v) is 15.3. The van der Waals surface area contributed by atoms with E-state index in [1.54, 1.807) is 49.5 Å². The standard InChI is InChI=1S/C20H18N4O4/c1-24-17(22-18(25)13-7-4-3-5-8-13)12-16(23-24)19(26)21-15-10-6-9-14(11-15)20(27)28-2/h3-12H,1-2H3,(H,21,26)(H,22,25). The Labute approximate surface area is 161 Å². The Morgan fingerprint density at radius 3 is 2.32 bits per heavy atom. The van der Waals surface area contributed by atoms with E-state index in [9.17, 15) is 14.4 Å². The van der Waals surface area contributed by atoms with E-state index in [1.807, 2.05) is 6.07 Å². The first-order valence-electron chi connectivity index (χ1n) is 8.38. The molecular formula is C20H18N4O4. The molecule has 0 radical (unpaired) electrons. The Hall–Kier alpha value is -3.94. The number of anilines is 2. The molecule has 3 rings (SSSR count). The first kappa shape index (κ1) is 18.8. The number of nitrogens with zero attached hydrogens (tertiary/aromatic N) is 2. The summed E-state index contributed by atoms with van der Waals surface area (Å²) in [5.41, 5.74) is 1.36. The van der Waals surface area contributed by atoms with Crippen LogP contribution < -0.4 is 10.6 Å². The quantitative estimate of drug-likeness (QED) is 0.665. The van der Waals surface area contributed by atoms with Crippen LogP contribution in [0.4, 0.5) is 11.5 Å². The summed E-state index contributed by atoms with van der Waals surface area (Å²) in [7, 11) is 2.90. The Kier molecular flexibility index (Phi) is 5.50. The van der Waals surface area contributed by atoms with E-state index in [4.69, 9.17) is 0 Å². The molecule has 0 saturated heterocycles. The van der Waals surface area contributed by atoms with Crippen molar-refractivity contribution in [2.75, 3.05) is 17.7 Å². The second kappa shape index (κ2) is 8.17. The first-order valence-corrected chi connectivity index (χ1v) is 8.38. The van der Waals surface area contributed by atoms with Gasteiger partial charge in [-0.1, -0.05) is 24.3 Å². The van der Waals surface area contributed by atoms with Crippen molar-refractivity contribution in [2.45, 2.75) is 0 Å². The third-order valence-electron chi connectivity index (χ3n) is 3.93. The molecule has 0 spiro atoms. The van der Waals surface area contributed by atoms with Crippen LogP contribution in [0.1, 0.15) is 31.2 Å². The van der Waals surface area contributed by atoms with E-state index in [1.165, 1.54) is 23.9 Å². The van der Waals surface area contributed by atoms with E-state index < -0.39 is 11.9 Å². The van der Waals surface area contributed by atoms with Gasteiger partial charge in [0.1, 0.15) is 5.82 Å². The lowest BCUT2D eigenvalue weighted by molar-refractivity contribution is 0.0600. The fourth-order valence-corrected chi connectivity index (χ4v) is 2.51. The lowest BCUT2D eigenvalue weighted by atomic mass is 10.2. The number of hydrogen-bond donors (Lipinski definition) is 2. The normalized spacial score (nSPS) is 10.2. The van der Waals surface area contributed by atoms with Crippen molar-refractivity contribution in [3.05, 3.63) is 77.5 Å². The summed E-state index contributed by atoms with van der Waals surface area (Å²) >= 11 is 0. The minimum atomic E-state index is -0.500. The number of aryl methyl sites for hydroxylation is 1. The topological polar surface area (TPSA) is 102 Å². The van der Waals surface area contributed by atoms with E-state index in [-0.39, 0.29) is 11.6 Å². The van der Waals surface area contributed by atoms with E-state index in [2.05, 4.69) is 20.5 Å². The minimum absolute atomic E-state index is 0.120. The lowest BCUT2D eigenvalue weighted by Gasteiger charge is -2.05. The molecule has 3 aromatic rings. The highest BCUT2D eigenvalue weighted by atomic mass is 16.5. The summed E-state index contributed by atoms with van der Waals surface area (Å²) in [5.74, 6) is -0.902. The molecule has 0 aliphatic heterocycles. The Balaban J connectivity index is 1.73. The summed E-state index contributed by atoms with van der Waals surface area (Å²) < 4.78 is 6.07. The third-order valence-corrected chi connectivity index (χ3v) is 3.93. The zero-order chi connectivity index (χ0) is 20.1. The smallest absolute Gasteiger partial charge is 0.337 e. The van der Waals surface area contributed by atoms with Crippen LogP contribution in [0.15, 0.2) is 60.7 Å². The molecule has 8 nitrogen and oxygen atoms in total. The number of carbonyl (C=O) groups is 3. The second-order valence-corrected chi connectivity index (χ2v) is 5.89. The summed E-state index contributed by atoms with van der Waals surface area (Å²) in [6.45, 7) is 0. The highest BCUT2D eigenvalue weighted by molar-refractivity contribution is 6.06. The van der Waals surface area contributed by atoms with Gasteiger partial charge in [-0.2, -0.15) is 5.10 Å². The SMILES string of the molecule is COC(=O)c1cccc(NC(=O)c2cc(NC(=O)c3ccccc3)n(C)n2)c1. The second-order valence-electron chi connectivity index (χ2n) is 5.89. The van der Waals surface area contributed by atoms with Crippen molar-refractivity contribution in [3.8, 4) is 0 Å². The van der Waals surface area contributed by atoms with Crippen molar-refractivity contribution in [1.29, 1.82) is 0 Å². The van der Waals surface area contributed by atoms with Gasteiger partial charge in [-0.25, -0.2) is 4.79 Å². The van der Waals surface area contributed by atoms with Crippen LogP contribution >= 0.6 is 0 Å². The molecule has 142 valence electrons. The molecule has 0 aliphatic rings. The van der Waals surface area contributed by atoms with Crippen molar-refractivity contribution in [3.63, 3.8) is 0 Å². The Morgan fingerprint density at radius 2 is 1.61 bits per heavy atom. The van der Waals surface area contributed by atoms with Crippen LogP contribution in [0.2, 0.25) is 0 Å². The predicted octanol–water partition coefficient (Wildman–Crippen LogP) is 2.71. The van der Waals surface area contributed by atoms with Gasteiger partial charge in [-0.05, 0) is 30.3 Å². The maximum atomic E-state index is 12.5. The molecule has 0 bridgehead atoms. The maximum absolute atomic E-state index is 12.5. The number of esters is 1. The van der Waals surface area contributed by atoms with Gasteiger partial charge in [0.2, 0.25) is 0 Å². The number of amides is 2. The molecule has 2 N–H and O–H groups in total. The molecule has 0 aliphatic carbocycles. The summed E-state index contributed by atoms with van der Waals surface area (Å²) in [6, 6.07) is 16.6. The van der Waals surface area contributed by atoms with E-state index in [0.717, 1.165) is 0 Å². The average Bonchev–Trinajstić information content (AvgIpc) is 3.08. The molecule has 0 fully saturated rings. The number of aromatic nitrogens is 2. The number of hydrogen-bond acceptors (Lipinski definition) is 5. The molecular weight excluding hydrogens is 360 g/mol. The van der Waals surface area contributed by atoms with Crippen molar-refractivity contribution in [1.82, 2.24) is 9.78 Å². The molecule has 8 heteroatoms. The molecule has 1 aromatic heterocycles. The van der Waals surface area contributed by atoms with Gasteiger partial charge < -0.3 is 15.4 Å². The average molecular weight is 378 g/mol. The Morgan fingerprint density at radius 1 is 0.893 bits per heavy atom. The number of nitrogens with one attached hydrogen (secondary N) is 2. The molecule has 1 heterocycles. The van der Waals surface area contributed by atoms with E-state index in [0.29, 0.717) is 22.6 Å². The zero-order valence-electron chi connectivity index (χ0n) is 15.3. The first-order chi connectivity index (χ1) is 13.5. The van der Waals surface area contributed by atoms with Crippen LogP contribution in [0, 0.1) is 0 Å². The molecule has 0 saturated carbocycles. The maximum Gasteiger partial charge on any atom is 0.337 e. The molecule has 2 amide bonds. The van der Waals surface area contributed by atoms with Gasteiger partial charge in [0.25, 0.3) is 11.8 Å². The summed E-state index contributed by atoms with van der Waals surface area (Å²) in [6.07, 6.45) is 0. The van der Waals surface area contributed by atoms with Crippen LogP contribution in [0.5, 0.6) is 0 Å². The molecule has 28 heavy (non-hydrogen) atoms. The van der Waals surface area contributed by atoms with Crippen LogP contribution in [-0.4, -0.2) is 34.7 Å². The predicted molar refractivity (Wildman–Crippen MR) is 103 cm³/mol. The number of methoxy groups -OCH3 is 1. The number of rotatable bonds is 5. The van der Waals surface area contributed by atoms with Crippen LogP contribution in [0.3, 0.4) is 0 Å². The minimum Gasteiger partial charge on any atom is -0.465 e. The molecule has 0 unspecified atom stereocenters.